The lowest BCUT2D eigenvalue weighted by atomic mass is 10.1. The van der Waals surface area contributed by atoms with Crippen LogP contribution in [0.15, 0.2) is 0 Å². The first-order valence-electron chi connectivity index (χ1n) is 4.70. The maximum atomic E-state index is 5.41. The molecule has 0 bridgehead atoms. The number of nitrogens with one attached hydrogen (secondary N) is 1. The van der Waals surface area contributed by atoms with Crippen LogP contribution in [0.3, 0.4) is 0 Å². The monoisotopic (exact) mass is 164 g/mol. The lowest BCUT2D eigenvalue weighted by Crippen LogP contribution is -2.55. The Bertz CT molecular complexity index is 202. The second-order valence-electron chi connectivity index (χ2n) is 4.05. The SMILES string of the molecule is C#C[C@H]1CN(C)C[C@@H](C2CC2)N1. The molecule has 66 valence electrons. The molecule has 2 aliphatic rings. The van der Waals surface area contributed by atoms with Gasteiger partial charge in [0.05, 0.1) is 6.04 Å². The summed E-state index contributed by atoms with van der Waals surface area (Å²) in [5.41, 5.74) is 0. The summed E-state index contributed by atoms with van der Waals surface area (Å²) in [5, 5.41) is 3.52. The third kappa shape index (κ3) is 1.63. The van der Waals surface area contributed by atoms with Gasteiger partial charge in [-0.1, -0.05) is 5.92 Å². The average Bonchev–Trinajstić information content (AvgIpc) is 2.85. The van der Waals surface area contributed by atoms with Crippen molar-refractivity contribution >= 4 is 0 Å². The second kappa shape index (κ2) is 3.08. The molecule has 1 aliphatic carbocycles. The van der Waals surface area contributed by atoms with Crippen LogP contribution in [-0.4, -0.2) is 37.1 Å². The molecule has 2 atom stereocenters. The molecular weight excluding hydrogens is 148 g/mol. The molecule has 2 rings (SSSR count). The van der Waals surface area contributed by atoms with E-state index >= 15 is 0 Å². The number of nitrogens with zero attached hydrogens (tertiary/aromatic N) is 1. The Kier molecular flexibility index (Phi) is 2.08. The van der Waals surface area contributed by atoms with Gasteiger partial charge >= 0.3 is 0 Å². The van der Waals surface area contributed by atoms with Gasteiger partial charge in [0.25, 0.3) is 0 Å². The maximum Gasteiger partial charge on any atom is 0.0818 e. The van der Waals surface area contributed by atoms with Crippen molar-refractivity contribution in [2.75, 3.05) is 20.1 Å². The van der Waals surface area contributed by atoms with Gasteiger partial charge in [-0.05, 0) is 25.8 Å². The Hall–Kier alpha value is -0.520. The van der Waals surface area contributed by atoms with E-state index < -0.39 is 0 Å². The fourth-order valence-electron chi connectivity index (χ4n) is 1.97. The first-order valence-corrected chi connectivity index (χ1v) is 4.70. The molecule has 0 spiro atoms. The number of hydrogen-bond donors (Lipinski definition) is 1. The Morgan fingerprint density at radius 3 is 2.75 bits per heavy atom. The molecule has 1 aliphatic heterocycles. The Morgan fingerprint density at radius 2 is 2.17 bits per heavy atom. The summed E-state index contributed by atoms with van der Waals surface area (Å²) in [6.07, 6.45) is 8.19. The zero-order valence-electron chi connectivity index (χ0n) is 7.59. The highest BCUT2D eigenvalue weighted by molar-refractivity contribution is 5.06. The van der Waals surface area contributed by atoms with E-state index in [1.807, 2.05) is 0 Å². The number of rotatable bonds is 1. The number of hydrogen-bond acceptors (Lipinski definition) is 2. The zero-order chi connectivity index (χ0) is 8.55. The predicted octanol–water partition coefficient (Wildman–Crippen LogP) is 0.302. The summed E-state index contributed by atoms with van der Waals surface area (Å²) in [7, 11) is 2.15. The molecule has 1 N–H and O–H groups in total. The molecule has 2 nitrogen and oxygen atoms in total. The van der Waals surface area contributed by atoms with Crippen molar-refractivity contribution in [3.8, 4) is 12.3 Å². The number of likely N-dealkylation sites (N-methyl/N-ethyl adjacent to an activating group) is 1. The topological polar surface area (TPSA) is 15.3 Å². The van der Waals surface area contributed by atoms with Crippen molar-refractivity contribution in [1.29, 1.82) is 0 Å². The van der Waals surface area contributed by atoms with E-state index in [-0.39, 0.29) is 6.04 Å². The number of piperazine rings is 1. The van der Waals surface area contributed by atoms with Crippen LogP contribution in [0, 0.1) is 18.3 Å². The molecular formula is C10H16N2. The van der Waals surface area contributed by atoms with Crippen LogP contribution < -0.4 is 5.32 Å². The molecule has 1 heterocycles. The maximum absolute atomic E-state index is 5.41. The summed E-state index contributed by atoms with van der Waals surface area (Å²) in [6, 6.07) is 0.930. The third-order valence-electron chi connectivity index (χ3n) is 2.81. The van der Waals surface area contributed by atoms with Gasteiger partial charge in [0, 0.05) is 19.1 Å². The first kappa shape index (κ1) is 8.10. The fourth-order valence-corrected chi connectivity index (χ4v) is 1.97. The molecule has 12 heavy (non-hydrogen) atoms. The van der Waals surface area contributed by atoms with Gasteiger partial charge in [-0.3, -0.25) is 5.32 Å². The van der Waals surface area contributed by atoms with Gasteiger partial charge in [0.1, 0.15) is 0 Å². The van der Waals surface area contributed by atoms with Gasteiger partial charge in [-0.25, -0.2) is 0 Å². The summed E-state index contributed by atoms with van der Waals surface area (Å²) in [4.78, 5) is 2.34. The summed E-state index contributed by atoms with van der Waals surface area (Å²) in [6.45, 7) is 2.17. The summed E-state index contributed by atoms with van der Waals surface area (Å²) >= 11 is 0. The molecule has 0 aromatic heterocycles. The van der Waals surface area contributed by atoms with E-state index in [2.05, 4.69) is 23.2 Å². The first-order chi connectivity index (χ1) is 5.79. The normalized spacial score (nSPS) is 37.7. The third-order valence-corrected chi connectivity index (χ3v) is 2.81. The minimum Gasteiger partial charge on any atom is -0.302 e. The highest BCUT2D eigenvalue weighted by Crippen LogP contribution is 2.33. The zero-order valence-corrected chi connectivity index (χ0v) is 7.59. The molecule has 1 saturated carbocycles. The van der Waals surface area contributed by atoms with Crippen LogP contribution >= 0.6 is 0 Å². The molecule has 2 heteroatoms. The lowest BCUT2D eigenvalue weighted by molar-refractivity contribution is 0.201. The average molecular weight is 164 g/mol. The highest BCUT2D eigenvalue weighted by atomic mass is 15.2. The van der Waals surface area contributed by atoms with Gasteiger partial charge in [-0.2, -0.15) is 0 Å². The largest absolute Gasteiger partial charge is 0.302 e. The van der Waals surface area contributed by atoms with E-state index in [0.717, 1.165) is 12.5 Å². The Balaban J connectivity index is 1.94. The van der Waals surface area contributed by atoms with Crippen LogP contribution in [-0.2, 0) is 0 Å². The molecule has 0 radical (unpaired) electrons. The van der Waals surface area contributed by atoms with Crippen molar-refractivity contribution in [3.63, 3.8) is 0 Å². The van der Waals surface area contributed by atoms with Crippen molar-refractivity contribution in [3.05, 3.63) is 0 Å². The van der Waals surface area contributed by atoms with Gasteiger partial charge in [0.2, 0.25) is 0 Å². The summed E-state index contributed by atoms with van der Waals surface area (Å²) in [5.74, 6) is 3.70. The van der Waals surface area contributed by atoms with Crippen LogP contribution in [0.25, 0.3) is 0 Å². The van der Waals surface area contributed by atoms with Crippen LogP contribution in [0.5, 0.6) is 0 Å². The smallest absolute Gasteiger partial charge is 0.0818 e. The van der Waals surface area contributed by atoms with E-state index in [9.17, 15) is 0 Å². The minimum atomic E-state index is 0.273. The quantitative estimate of drug-likeness (QED) is 0.561. The number of terminal acetylenes is 1. The van der Waals surface area contributed by atoms with Gasteiger partial charge in [-0.15, -0.1) is 6.42 Å². The second-order valence-corrected chi connectivity index (χ2v) is 4.05. The highest BCUT2D eigenvalue weighted by Gasteiger charge is 2.35. The van der Waals surface area contributed by atoms with Gasteiger partial charge < -0.3 is 4.90 Å². The summed E-state index contributed by atoms with van der Waals surface area (Å²) < 4.78 is 0. The minimum absolute atomic E-state index is 0.273. The van der Waals surface area contributed by atoms with E-state index in [0.29, 0.717) is 6.04 Å². The van der Waals surface area contributed by atoms with Crippen molar-refractivity contribution in [1.82, 2.24) is 10.2 Å². The van der Waals surface area contributed by atoms with E-state index in [1.165, 1.54) is 19.4 Å². The Labute approximate surface area is 74.3 Å². The molecule has 2 fully saturated rings. The lowest BCUT2D eigenvalue weighted by Gasteiger charge is -2.34. The van der Waals surface area contributed by atoms with Crippen molar-refractivity contribution < 1.29 is 0 Å². The standard InChI is InChI=1S/C10H16N2/c1-3-9-6-12(2)7-10(11-9)8-4-5-8/h1,8-11H,4-7H2,2H3/t9-,10-/m0/s1. The predicted molar refractivity (Wildman–Crippen MR) is 49.8 cm³/mol. The van der Waals surface area contributed by atoms with Crippen LogP contribution in [0.1, 0.15) is 12.8 Å². The molecule has 0 aromatic rings. The van der Waals surface area contributed by atoms with Gasteiger partial charge in [0.15, 0.2) is 0 Å². The van der Waals surface area contributed by atoms with Crippen molar-refractivity contribution in [2.45, 2.75) is 24.9 Å². The molecule has 0 amide bonds. The molecule has 0 aromatic carbocycles. The van der Waals surface area contributed by atoms with Crippen LogP contribution in [0.2, 0.25) is 0 Å². The van der Waals surface area contributed by atoms with Crippen LogP contribution in [0.4, 0.5) is 0 Å². The van der Waals surface area contributed by atoms with E-state index in [4.69, 9.17) is 6.42 Å². The fraction of sp³-hybridized carbons (Fsp3) is 0.800. The van der Waals surface area contributed by atoms with Crippen molar-refractivity contribution in [2.24, 2.45) is 5.92 Å². The Morgan fingerprint density at radius 1 is 1.42 bits per heavy atom. The molecule has 1 saturated heterocycles. The van der Waals surface area contributed by atoms with E-state index in [1.54, 1.807) is 0 Å². The molecule has 0 unspecified atom stereocenters.